The van der Waals surface area contributed by atoms with Crippen molar-refractivity contribution in [2.75, 3.05) is 7.11 Å². The van der Waals surface area contributed by atoms with Crippen molar-refractivity contribution in [3.05, 3.63) is 0 Å². The van der Waals surface area contributed by atoms with Gasteiger partial charge >= 0.3 is 0 Å². The lowest BCUT2D eigenvalue weighted by Gasteiger charge is -2.24. The molecular formula is C9H16O. The summed E-state index contributed by atoms with van der Waals surface area (Å²) >= 11 is 0. The molecule has 10 heavy (non-hydrogen) atoms. The van der Waals surface area contributed by atoms with Crippen LogP contribution in [-0.2, 0) is 4.74 Å². The highest BCUT2D eigenvalue weighted by Crippen LogP contribution is 2.61. The Morgan fingerprint density at radius 1 is 1.50 bits per heavy atom. The maximum atomic E-state index is 5.41. The Morgan fingerprint density at radius 2 is 2.30 bits per heavy atom. The topological polar surface area (TPSA) is 9.23 Å². The van der Waals surface area contributed by atoms with Crippen molar-refractivity contribution in [3.8, 4) is 0 Å². The van der Waals surface area contributed by atoms with Crippen molar-refractivity contribution in [2.45, 2.75) is 38.7 Å². The molecule has 2 saturated carbocycles. The Morgan fingerprint density at radius 3 is 2.90 bits per heavy atom. The average Bonchev–Trinajstić information content (AvgIpc) is 2.59. The van der Waals surface area contributed by atoms with Crippen LogP contribution < -0.4 is 0 Å². The molecule has 0 amide bonds. The summed E-state index contributed by atoms with van der Waals surface area (Å²) < 4.78 is 5.41. The number of hydrogen-bond donors (Lipinski definition) is 0. The molecule has 0 aromatic rings. The third kappa shape index (κ3) is 0.800. The molecule has 0 aromatic carbocycles. The van der Waals surface area contributed by atoms with Crippen LogP contribution in [0.5, 0.6) is 0 Å². The van der Waals surface area contributed by atoms with Gasteiger partial charge in [0.05, 0.1) is 6.10 Å². The van der Waals surface area contributed by atoms with Gasteiger partial charge in [0.25, 0.3) is 0 Å². The number of fused-ring (bicyclic) bond motifs is 1. The fourth-order valence-corrected chi connectivity index (χ4v) is 2.50. The molecule has 0 aromatic heterocycles. The highest BCUT2D eigenvalue weighted by Gasteiger charge is 2.55. The minimum absolute atomic E-state index is 0.596. The largest absolute Gasteiger partial charge is 0.381 e. The predicted molar refractivity (Wildman–Crippen MR) is 40.9 cm³/mol. The van der Waals surface area contributed by atoms with Crippen LogP contribution in [0.3, 0.4) is 0 Å². The van der Waals surface area contributed by atoms with Gasteiger partial charge in [-0.15, -0.1) is 0 Å². The molecule has 58 valence electrons. The van der Waals surface area contributed by atoms with E-state index in [1.807, 2.05) is 7.11 Å². The van der Waals surface area contributed by atoms with Crippen LogP contribution >= 0.6 is 0 Å². The second-order valence-electron chi connectivity index (χ2n) is 4.13. The van der Waals surface area contributed by atoms with Crippen molar-refractivity contribution >= 4 is 0 Å². The molecule has 0 bridgehead atoms. The van der Waals surface area contributed by atoms with Gasteiger partial charge in [-0.05, 0) is 30.6 Å². The van der Waals surface area contributed by atoms with Gasteiger partial charge < -0.3 is 4.74 Å². The van der Waals surface area contributed by atoms with Crippen LogP contribution in [0.15, 0.2) is 0 Å². The molecule has 1 heteroatoms. The van der Waals surface area contributed by atoms with Gasteiger partial charge in [-0.25, -0.2) is 0 Å². The summed E-state index contributed by atoms with van der Waals surface area (Å²) in [5.74, 6) is 0.909. The molecule has 0 spiro atoms. The normalized spacial score (nSPS) is 52.2. The number of ether oxygens (including phenoxy) is 1. The van der Waals surface area contributed by atoms with E-state index in [-0.39, 0.29) is 0 Å². The van der Waals surface area contributed by atoms with Crippen molar-refractivity contribution < 1.29 is 4.74 Å². The Bertz CT molecular complexity index is 142. The van der Waals surface area contributed by atoms with Crippen molar-refractivity contribution in [2.24, 2.45) is 11.3 Å². The van der Waals surface area contributed by atoms with Crippen LogP contribution in [0, 0.1) is 11.3 Å². The van der Waals surface area contributed by atoms with E-state index >= 15 is 0 Å². The summed E-state index contributed by atoms with van der Waals surface area (Å²) in [5.41, 5.74) is 0.693. The molecular weight excluding hydrogens is 124 g/mol. The monoisotopic (exact) mass is 140 g/mol. The second-order valence-corrected chi connectivity index (χ2v) is 4.13. The minimum atomic E-state index is 0.596. The van der Waals surface area contributed by atoms with Gasteiger partial charge in [0.2, 0.25) is 0 Å². The van der Waals surface area contributed by atoms with E-state index in [4.69, 9.17) is 4.74 Å². The zero-order valence-electron chi connectivity index (χ0n) is 6.89. The van der Waals surface area contributed by atoms with Crippen LogP contribution in [-0.4, -0.2) is 13.2 Å². The van der Waals surface area contributed by atoms with Crippen LogP contribution in [0.1, 0.15) is 32.6 Å². The smallest absolute Gasteiger partial charge is 0.0604 e. The van der Waals surface area contributed by atoms with Crippen molar-refractivity contribution in [1.29, 1.82) is 0 Å². The first-order valence-electron chi connectivity index (χ1n) is 4.29. The van der Waals surface area contributed by atoms with Gasteiger partial charge in [-0.2, -0.15) is 0 Å². The number of methoxy groups -OCH3 is 1. The molecule has 0 radical (unpaired) electrons. The maximum Gasteiger partial charge on any atom is 0.0604 e. The zero-order chi connectivity index (χ0) is 7.19. The van der Waals surface area contributed by atoms with Crippen LogP contribution in [0.25, 0.3) is 0 Å². The van der Waals surface area contributed by atoms with Gasteiger partial charge in [-0.1, -0.05) is 13.3 Å². The molecule has 0 N–H and O–H groups in total. The highest BCUT2D eigenvalue weighted by atomic mass is 16.5. The quantitative estimate of drug-likeness (QED) is 0.542. The van der Waals surface area contributed by atoms with Crippen molar-refractivity contribution in [3.63, 3.8) is 0 Å². The van der Waals surface area contributed by atoms with Gasteiger partial charge in [0.15, 0.2) is 0 Å². The molecule has 2 rings (SSSR count). The Kier molecular flexibility index (Phi) is 1.31. The fraction of sp³-hybridized carbons (Fsp3) is 1.00. The standard InChI is InChI=1S/C9H16O/c1-9-5-3-4-8(10-2)7(9)6-9/h7-8H,3-6H2,1-2H3/t7-,8+,9+/m1/s1. The first kappa shape index (κ1) is 6.66. The minimum Gasteiger partial charge on any atom is -0.381 e. The first-order valence-corrected chi connectivity index (χ1v) is 4.29. The molecule has 0 unspecified atom stereocenters. The van der Waals surface area contributed by atoms with Crippen LogP contribution in [0.2, 0.25) is 0 Å². The first-order chi connectivity index (χ1) is 4.76. The Balaban J connectivity index is 2.02. The highest BCUT2D eigenvalue weighted by molar-refractivity contribution is 5.05. The molecule has 2 aliphatic rings. The molecule has 3 atom stereocenters. The summed E-state index contributed by atoms with van der Waals surface area (Å²) in [6.45, 7) is 2.41. The Hall–Kier alpha value is -0.0400. The molecule has 2 fully saturated rings. The fourth-order valence-electron chi connectivity index (χ4n) is 2.50. The van der Waals surface area contributed by atoms with Crippen LogP contribution in [0.4, 0.5) is 0 Å². The lowest BCUT2D eigenvalue weighted by Crippen LogP contribution is -2.21. The van der Waals surface area contributed by atoms with Gasteiger partial charge in [0, 0.05) is 7.11 Å². The third-order valence-electron chi connectivity index (χ3n) is 3.41. The average molecular weight is 140 g/mol. The number of hydrogen-bond acceptors (Lipinski definition) is 1. The van der Waals surface area contributed by atoms with E-state index in [2.05, 4.69) is 6.92 Å². The molecule has 1 nitrogen and oxygen atoms in total. The van der Waals surface area contributed by atoms with E-state index < -0.39 is 0 Å². The van der Waals surface area contributed by atoms with Gasteiger partial charge in [-0.3, -0.25) is 0 Å². The Labute approximate surface area is 62.8 Å². The van der Waals surface area contributed by atoms with E-state index in [1.165, 1.54) is 25.7 Å². The zero-order valence-corrected chi connectivity index (χ0v) is 6.89. The van der Waals surface area contributed by atoms with Crippen molar-refractivity contribution in [1.82, 2.24) is 0 Å². The lowest BCUT2D eigenvalue weighted by atomic mass is 9.88. The molecule has 0 saturated heterocycles. The molecule has 0 aliphatic heterocycles. The predicted octanol–water partition coefficient (Wildman–Crippen LogP) is 2.21. The SMILES string of the molecule is CO[C@H]1CCC[C@@]2(C)C[C@H]12. The summed E-state index contributed by atoms with van der Waals surface area (Å²) in [7, 11) is 1.86. The molecule has 0 heterocycles. The van der Waals surface area contributed by atoms with Gasteiger partial charge in [0.1, 0.15) is 0 Å². The third-order valence-corrected chi connectivity index (χ3v) is 3.41. The second kappa shape index (κ2) is 1.97. The summed E-state index contributed by atoms with van der Waals surface area (Å²) in [5, 5.41) is 0. The van der Waals surface area contributed by atoms with E-state index in [9.17, 15) is 0 Å². The van der Waals surface area contributed by atoms with E-state index in [0.29, 0.717) is 11.5 Å². The van der Waals surface area contributed by atoms with E-state index in [0.717, 1.165) is 5.92 Å². The lowest BCUT2D eigenvalue weighted by molar-refractivity contribution is 0.0466. The number of rotatable bonds is 1. The van der Waals surface area contributed by atoms with E-state index in [1.54, 1.807) is 0 Å². The maximum absolute atomic E-state index is 5.41. The summed E-state index contributed by atoms with van der Waals surface area (Å²) in [6, 6.07) is 0. The molecule has 2 aliphatic carbocycles. The summed E-state index contributed by atoms with van der Waals surface area (Å²) in [6.07, 6.45) is 6.14. The summed E-state index contributed by atoms with van der Waals surface area (Å²) in [4.78, 5) is 0.